The van der Waals surface area contributed by atoms with Crippen LogP contribution in [0, 0.1) is 24.5 Å². The fourth-order valence-electron chi connectivity index (χ4n) is 1.89. The summed E-state index contributed by atoms with van der Waals surface area (Å²) in [5, 5.41) is 9.79. The van der Waals surface area contributed by atoms with Gasteiger partial charge in [0.1, 0.15) is 11.6 Å². The maximum Gasteiger partial charge on any atom is 0.133 e. The van der Waals surface area contributed by atoms with E-state index in [9.17, 15) is 13.9 Å². The van der Waals surface area contributed by atoms with Crippen molar-refractivity contribution in [1.29, 1.82) is 0 Å². The van der Waals surface area contributed by atoms with Crippen LogP contribution in [0.2, 0.25) is 0 Å². The van der Waals surface area contributed by atoms with Crippen LogP contribution in [0.15, 0.2) is 12.1 Å². The molecule has 1 aromatic rings. The Kier molecular flexibility index (Phi) is 2.95. The van der Waals surface area contributed by atoms with Crippen LogP contribution >= 0.6 is 0 Å². The Balaban J connectivity index is 2.34. The van der Waals surface area contributed by atoms with Crippen molar-refractivity contribution < 1.29 is 13.9 Å². The van der Waals surface area contributed by atoms with Crippen LogP contribution in [-0.2, 0) is 0 Å². The fourth-order valence-corrected chi connectivity index (χ4v) is 1.89. The zero-order chi connectivity index (χ0) is 11.9. The Morgan fingerprint density at radius 3 is 2.56 bits per heavy atom. The molecule has 0 saturated heterocycles. The van der Waals surface area contributed by atoms with Crippen LogP contribution in [0.25, 0.3) is 0 Å². The maximum absolute atomic E-state index is 13.7. The fraction of sp³-hybridized carbons (Fsp3) is 0.500. The van der Waals surface area contributed by atoms with Crippen LogP contribution in [0.4, 0.5) is 8.78 Å². The van der Waals surface area contributed by atoms with Crippen LogP contribution in [0.1, 0.15) is 30.0 Å². The van der Waals surface area contributed by atoms with E-state index in [0.29, 0.717) is 5.56 Å². The molecule has 0 amide bonds. The summed E-state index contributed by atoms with van der Waals surface area (Å²) in [7, 11) is 0. The van der Waals surface area contributed by atoms with Crippen molar-refractivity contribution in [2.45, 2.75) is 31.9 Å². The average Bonchev–Trinajstić information content (AvgIpc) is 3.06. The van der Waals surface area contributed by atoms with Gasteiger partial charge >= 0.3 is 0 Å². The number of rotatable bonds is 3. The molecule has 2 nitrogen and oxygen atoms in total. The average molecular weight is 227 g/mol. The van der Waals surface area contributed by atoms with Crippen LogP contribution in [0.3, 0.4) is 0 Å². The number of nitrogens with two attached hydrogens (primary N) is 1. The van der Waals surface area contributed by atoms with Gasteiger partial charge < -0.3 is 10.8 Å². The zero-order valence-electron chi connectivity index (χ0n) is 9.08. The predicted molar refractivity (Wildman–Crippen MR) is 56.8 cm³/mol. The van der Waals surface area contributed by atoms with Crippen molar-refractivity contribution in [3.8, 4) is 0 Å². The number of aliphatic hydroxyl groups is 1. The molecule has 0 heterocycles. The molecule has 0 aliphatic heterocycles. The molecule has 0 radical (unpaired) electrons. The number of aryl methyl sites for hydroxylation is 1. The van der Waals surface area contributed by atoms with Crippen molar-refractivity contribution in [3.05, 3.63) is 34.9 Å². The van der Waals surface area contributed by atoms with E-state index in [2.05, 4.69) is 0 Å². The van der Waals surface area contributed by atoms with Crippen molar-refractivity contribution >= 4 is 0 Å². The van der Waals surface area contributed by atoms with E-state index in [1.54, 1.807) is 6.92 Å². The molecule has 1 saturated carbocycles. The first-order valence-electron chi connectivity index (χ1n) is 5.40. The number of benzene rings is 1. The Bertz CT molecular complexity index is 404. The molecule has 1 aliphatic carbocycles. The second-order valence-corrected chi connectivity index (χ2v) is 4.45. The third-order valence-electron chi connectivity index (χ3n) is 3.13. The van der Waals surface area contributed by atoms with E-state index in [1.807, 2.05) is 0 Å². The minimum absolute atomic E-state index is 0.0920. The predicted octanol–water partition coefficient (Wildman–Crippen LogP) is 2.04. The highest BCUT2D eigenvalue weighted by atomic mass is 19.1. The molecule has 0 spiro atoms. The summed E-state index contributed by atoms with van der Waals surface area (Å²) in [6.45, 7) is 1.55. The van der Waals surface area contributed by atoms with Crippen LogP contribution in [0.5, 0.6) is 0 Å². The van der Waals surface area contributed by atoms with E-state index in [0.717, 1.165) is 12.8 Å². The molecule has 4 heteroatoms. The number of halogens is 2. The zero-order valence-corrected chi connectivity index (χ0v) is 9.08. The van der Waals surface area contributed by atoms with Crippen molar-refractivity contribution in [3.63, 3.8) is 0 Å². The highest BCUT2D eigenvalue weighted by Gasteiger charge is 2.36. The van der Waals surface area contributed by atoms with Gasteiger partial charge in [0.05, 0.1) is 12.1 Å². The number of hydrogen-bond donors (Lipinski definition) is 2. The van der Waals surface area contributed by atoms with Gasteiger partial charge in [0, 0.05) is 5.56 Å². The summed E-state index contributed by atoms with van der Waals surface area (Å²) in [6.07, 6.45) is 0.902. The third-order valence-corrected chi connectivity index (χ3v) is 3.13. The highest BCUT2D eigenvalue weighted by molar-refractivity contribution is 5.30. The smallest absolute Gasteiger partial charge is 0.133 e. The molecular formula is C12H15F2NO. The molecule has 88 valence electrons. The Labute approximate surface area is 93.1 Å². The normalized spacial score (nSPS) is 19.6. The van der Waals surface area contributed by atoms with Gasteiger partial charge in [-0.2, -0.15) is 0 Å². The maximum atomic E-state index is 13.7. The lowest BCUT2D eigenvalue weighted by Crippen LogP contribution is -2.29. The topological polar surface area (TPSA) is 46.2 Å². The molecule has 0 aromatic heterocycles. The van der Waals surface area contributed by atoms with Gasteiger partial charge in [0.15, 0.2) is 0 Å². The van der Waals surface area contributed by atoms with Gasteiger partial charge in [-0.3, -0.25) is 0 Å². The largest absolute Gasteiger partial charge is 0.391 e. The van der Waals surface area contributed by atoms with E-state index in [1.165, 1.54) is 12.1 Å². The quantitative estimate of drug-likeness (QED) is 0.830. The lowest BCUT2D eigenvalue weighted by Gasteiger charge is -2.20. The first-order valence-corrected chi connectivity index (χ1v) is 5.40. The van der Waals surface area contributed by atoms with Crippen molar-refractivity contribution in [2.75, 3.05) is 0 Å². The second-order valence-electron chi connectivity index (χ2n) is 4.45. The van der Waals surface area contributed by atoms with Gasteiger partial charge in [-0.1, -0.05) is 6.07 Å². The summed E-state index contributed by atoms with van der Waals surface area (Å²) in [5.41, 5.74) is 5.87. The number of aliphatic hydroxyl groups excluding tert-OH is 1. The van der Waals surface area contributed by atoms with E-state index in [4.69, 9.17) is 5.73 Å². The first kappa shape index (κ1) is 11.5. The summed E-state index contributed by atoms with van der Waals surface area (Å²) >= 11 is 0. The Morgan fingerprint density at radius 1 is 1.38 bits per heavy atom. The third kappa shape index (κ3) is 1.95. The van der Waals surface area contributed by atoms with Crippen LogP contribution in [-0.4, -0.2) is 11.2 Å². The molecular weight excluding hydrogens is 212 g/mol. The van der Waals surface area contributed by atoms with Gasteiger partial charge in [0.25, 0.3) is 0 Å². The Morgan fingerprint density at radius 2 is 2.00 bits per heavy atom. The second kappa shape index (κ2) is 4.11. The minimum Gasteiger partial charge on any atom is -0.391 e. The first-order chi connectivity index (χ1) is 7.52. The molecule has 1 aliphatic rings. The summed E-state index contributed by atoms with van der Waals surface area (Å²) in [5.74, 6) is -1.24. The van der Waals surface area contributed by atoms with Gasteiger partial charge in [-0.15, -0.1) is 0 Å². The van der Waals surface area contributed by atoms with E-state index < -0.39 is 23.8 Å². The van der Waals surface area contributed by atoms with Crippen LogP contribution < -0.4 is 5.73 Å². The standard InChI is InChI=1S/C12H15F2NO/c1-6-2-5-8(13)9(10(6)14)11(15)12(16)7-3-4-7/h2,5,7,11-12,16H,3-4,15H2,1H3/t11-,12+/m0/s1. The Hall–Kier alpha value is -1.00. The van der Waals surface area contributed by atoms with Gasteiger partial charge in [-0.05, 0) is 37.3 Å². The van der Waals surface area contributed by atoms with Gasteiger partial charge in [0.2, 0.25) is 0 Å². The number of hydrogen-bond acceptors (Lipinski definition) is 2. The van der Waals surface area contributed by atoms with E-state index in [-0.39, 0.29) is 11.5 Å². The van der Waals surface area contributed by atoms with Crippen molar-refractivity contribution in [1.82, 2.24) is 0 Å². The summed E-state index contributed by atoms with van der Waals surface area (Å²) < 4.78 is 27.2. The molecule has 1 fully saturated rings. The monoisotopic (exact) mass is 227 g/mol. The highest BCUT2D eigenvalue weighted by Crippen LogP contribution is 2.38. The molecule has 2 atom stereocenters. The van der Waals surface area contributed by atoms with Gasteiger partial charge in [-0.25, -0.2) is 8.78 Å². The molecule has 0 unspecified atom stereocenters. The minimum atomic E-state index is -0.979. The molecule has 0 bridgehead atoms. The molecule has 16 heavy (non-hydrogen) atoms. The summed E-state index contributed by atoms with van der Waals surface area (Å²) in [6, 6.07) is 1.57. The molecule has 1 aromatic carbocycles. The lowest BCUT2D eigenvalue weighted by atomic mass is 9.96. The lowest BCUT2D eigenvalue weighted by molar-refractivity contribution is 0.119. The summed E-state index contributed by atoms with van der Waals surface area (Å²) in [4.78, 5) is 0. The molecule has 2 rings (SSSR count). The van der Waals surface area contributed by atoms with E-state index >= 15 is 0 Å². The SMILES string of the molecule is Cc1ccc(F)c([C@H](N)[C@H](O)C2CC2)c1F. The van der Waals surface area contributed by atoms with Crippen molar-refractivity contribution in [2.24, 2.45) is 11.7 Å². The molecule has 3 N–H and O–H groups in total.